The Morgan fingerprint density at radius 3 is 2.53 bits per heavy atom. The zero-order valence-electron chi connectivity index (χ0n) is 10.9. The van der Waals surface area contributed by atoms with Crippen molar-refractivity contribution in [1.82, 2.24) is 5.32 Å². The van der Waals surface area contributed by atoms with E-state index < -0.39 is 5.60 Å². The monoisotopic (exact) mass is 275 g/mol. The summed E-state index contributed by atoms with van der Waals surface area (Å²) in [4.78, 5) is 0. The molecule has 1 atom stereocenters. The van der Waals surface area contributed by atoms with E-state index in [0.29, 0.717) is 11.6 Å². The molecule has 0 aliphatic rings. The van der Waals surface area contributed by atoms with Gasteiger partial charge < -0.3 is 10.4 Å². The summed E-state index contributed by atoms with van der Waals surface area (Å²) >= 11 is 5.95. The Labute approximate surface area is 119 Å². The van der Waals surface area contributed by atoms with Gasteiger partial charge in [0.2, 0.25) is 0 Å². The molecule has 0 saturated heterocycles. The smallest absolute Gasteiger partial charge is 0.0992 e. The average molecular weight is 276 g/mol. The average Bonchev–Trinajstić information content (AvgIpc) is 2.40. The van der Waals surface area contributed by atoms with Crippen molar-refractivity contribution in [3.05, 3.63) is 70.7 Å². The molecule has 0 bridgehead atoms. The van der Waals surface area contributed by atoms with Gasteiger partial charge in [-0.05, 0) is 30.2 Å². The molecule has 2 rings (SSSR count). The molecule has 2 nitrogen and oxygen atoms in total. The maximum absolute atomic E-state index is 10.5. The fourth-order valence-electron chi connectivity index (χ4n) is 1.97. The van der Waals surface area contributed by atoms with Gasteiger partial charge in [0, 0.05) is 18.1 Å². The molecule has 0 spiro atoms. The molecule has 0 aliphatic carbocycles. The lowest BCUT2D eigenvalue weighted by Crippen LogP contribution is -2.35. The summed E-state index contributed by atoms with van der Waals surface area (Å²) in [5.41, 5.74) is 1.09. The summed E-state index contributed by atoms with van der Waals surface area (Å²) in [7, 11) is 0. The Balaban J connectivity index is 1.94. The van der Waals surface area contributed by atoms with Crippen LogP contribution in [-0.4, -0.2) is 11.7 Å². The Bertz CT molecular complexity index is 525. The summed E-state index contributed by atoms with van der Waals surface area (Å²) in [6.45, 7) is 3.00. The van der Waals surface area contributed by atoms with E-state index in [0.717, 1.165) is 12.1 Å². The molecular formula is C16H18ClNO. The second kappa shape index (κ2) is 6.20. The van der Waals surface area contributed by atoms with E-state index >= 15 is 0 Å². The summed E-state index contributed by atoms with van der Waals surface area (Å²) in [6.07, 6.45) is 0. The van der Waals surface area contributed by atoms with Gasteiger partial charge in [-0.3, -0.25) is 0 Å². The fraction of sp³-hybridized carbons (Fsp3) is 0.250. The third kappa shape index (κ3) is 4.06. The van der Waals surface area contributed by atoms with Gasteiger partial charge in [0.05, 0.1) is 5.60 Å². The summed E-state index contributed by atoms with van der Waals surface area (Å²) in [5, 5.41) is 14.4. The van der Waals surface area contributed by atoms with Gasteiger partial charge in [0.15, 0.2) is 0 Å². The number of halogens is 1. The molecule has 0 saturated carbocycles. The molecule has 1 unspecified atom stereocenters. The Kier molecular flexibility index (Phi) is 4.59. The van der Waals surface area contributed by atoms with E-state index in [1.807, 2.05) is 30.3 Å². The van der Waals surface area contributed by atoms with Gasteiger partial charge in [-0.2, -0.15) is 0 Å². The minimum Gasteiger partial charge on any atom is -0.384 e. The van der Waals surface area contributed by atoms with Crippen LogP contribution in [-0.2, 0) is 12.1 Å². The van der Waals surface area contributed by atoms with Gasteiger partial charge >= 0.3 is 0 Å². The lowest BCUT2D eigenvalue weighted by molar-refractivity contribution is 0.0567. The van der Waals surface area contributed by atoms with Crippen molar-refractivity contribution in [2.75, 3.05) is 6.54 Å². The highest BCUT2D eigenvalue weighted by atomic mass is 35.5. The van der Waals surface area contributed by atoms with Gasteiger partial charge in [0.25, 0.3) is 0 Å². The lowest BCUT2D eigenvalue weighted by atomic mass is 9.96. The van der Waals surface area contributed by atoms with Crippen LogP contribution in [0.2, 0.25) is 5.02 Å². The maximum atomic E-state index is 10.5. The zero-order valence-corrected chi connectivity index (χ0v) is 11.7. The molecule has 3 heteroatoms. The molecule has 0 fully saturated rings. The fourth-order valence-corrected chi connectivity index (χ4v) is 2.16. The predicted octanol–water partition coefficient (Wildman–Crippen LogP) is 3.34. The molecule has 0 heterocycles. The highest BCUT2D eigenvalue weighted by Gasteiger charge is 2.22. The molecule has 19 heavy (non-hydrogen) atoms. The topological polar surface area (TPSA) is 32.3 Å². The molecule has 0 aromatic heterocycles. The van der Waals surface area contributed by atoms with Gasteiger partial charge in [-0.15, -0.1) is 0 Å². The van der Waals surface area contributed by atoms with Crippen LogP contribution in [0, 0.1) is 0 Å². The predicted molar refractivity (Wildman–Crippen MR) is 79.2 cm³/mol. The third-order valence-corrected chi connectivity index (χ3v) is 3.32. The first-order valence-corrected chi connectivity index (χ1v) is 6.69. The number of nitrogens with one attached hydrogen (secondary N) is 1. The number of aliphatic hydroxyl groups is 1. The minimum absolute atomic E-state index is 0.474. The van der Waals surface area contributed by atoms with Crippen LogP contribution >= 0.6 is 11.6 Å². The van der Waals surface area contributed by atoms with E-state index in [-0.39, 0.29) is 0 Å². The second-order valence-electron chi connectivity index (χ2n) is 4.87. The van der Waals surface area contributed by atoms with Crippen LogP contribution < -0.4 is 5.32 Å². The highest BCUT2D eigenvalue weighted by Crippen LogP contribution is 2.22. The molecule has 2 N–H and O–H groups in total. The van der Waals surface area contributed by atoms with Crippen LogP contribution in [0.1, 0.15) is 18.1 Å². The second-order valence-corrected chi connectivity index (χ2v) is 5.31. The quantitative estimate of drug-likeness (QED) is 0.877. The van der Waals surface area contributed by atoms with Crippen molar-refractivity contribution < 1.29 is 5.11 Å². The first kappa shape index (κ1) is 14.1. The van der Waals surface area contributed by atoms with Crippen molar-refractivity contribution in [3.63, 3.8) is 0 Å². The SMILES string of the molecule is CC(O)(CNCc1ccccc1)c1cccc(Cl)c1. The van der Waals surface area contributed by atoms with Crippen molar-refractivity contribution in [2.45, 2.75) is 19.1 Å². The van der Waals surface area contributed by atoms with Crippen molar-refractivity contribution in [3.8, 4) is 0 Å². The first-order valence-electron chi connectivity index (χ1n) is 6.31. The number of rotatable bonds is 5. The number of hydrogen-bond acceptors (Lipinski definition) is 2. The number of hydrogen-bond donors (Lipinski definition) is 2. The molecule has 2 aromatic carbocycles. The molecule has 0 amide bonds. The van der Waals surface area contributed by atoms with E-state index in [1.165, 1.54) is 5.56 Å². The Morgan fingerprint density at radius 1 is 1.11 bits per heavy atom. The lowest BCUT2D eigenvalue weighted by Gasteiger charge is -2.24. The molecule has 0 radical (unpaired) electrons. The van der Waals surface area contributed by atoms with E-state index in [9.17, 15) is 5.11 Å². The van der Waals surface area contributed by atoms with E-state index in [1.54, 1.807) is 19.1 Å². The van der Waals surface area contributed by atoms with Crippen LogP contribution in [0.4, 0.5) is 0 Å². The van der Waals surface area contributed by atoms with E-state index in [4.69, 9.17) is 11.6 Å². The van der Waals surface area contributed by atoms with Gasteiger partial charge in [-0.25, -0.2) is 0 Å². The molecule has 2 aromatic rings. The Hall–Kier alpha value is -1.35. The minimum atomic E-state index is -0.931. The largest absolute Gasteiger partial charge is 0.384 e. The maximum Gasteiger partial charge on any atom is 0.0992 e. The van der Waals surface area contributed by atoms with E-state index in [2.05, 4.69) is 17.4 Å². The standard InChI is InChI=1S/C16H18ClNO/c1-16(19,14-8-5-9-15(17)10-14)12-18-11-13-6-3-2-4-7-13/h2-10,18-19H,11-12H2,1H3. The third-order valence-electron chi connectivity index (χ3n) is 3.09. The van der Waals surface area contributed by atoms with Crippen LogP contribution in [0.25, 0.3) is 0 Å². The highest BCUT2D eigenvalue weighted by molar-refractivity contribution is 6.30. The van der Waals surface area contributed by atoms with Crippen molar-refractivity contribution >= 4 is 11.6 Å². The normalized spacial score (nSPS) is 14.1. The van der Waals surface area contributed by atoms with Gasteiger partial charge in [-0.1, -0.05) is 54.1 Å². The molecular weight excluding hydrogens is 258 g/mol. The van der Waals surface area contributed by atoms with Crippen LogP contribution in [0.5, 0.6) is 0 Å². The molecule has 100 valence electrons. The summed E-state index contributed by atoms with van der Waals surface area (Å²) in [5.74, 6) is 0. The number of benzene rings is 2. The Morgan fingerprint density at radius 2 is 1.84 bits per heavy atom. The zero-order chi connectivity index (χ0) is 13.7. The molecule has 0 aliphatic heterocycles. The summed E-state index contributed by atoms with van der Waals surface area (Å²) in [6, 6.07) is 17.5. The summed E-state index contributed by atoms with van der Waals surface area (Å²) < 4.78 is 0. The first-order chi connectivity index (χ1) is 9.08. The van der Waals surface area contributed by atoms with Crippen molar-refractivity contribution in [1.29, 1.82) is 0 Å². The van der Waals surface area contributed by atoms with Crippen LogP contribution in [0.15, 0.2) is 54.6 Å². The van der Waals surface area contributed by atoms with Crippen molar-refractivity contribution in [2.24, 2.45) is 0 Å². The van der Waals surface area contributed by atoms with Gasteiger partial charge in [0.1, 0.15) is 0 Å². The van der Waals surface area contributed by atoms with Crippen LogP contribution in [0.3, 0.4) is 0 Å².